The molecule has 6 nitrogen and oxygen atoms in total. The molecule has 4 aromatic rings. The molecular weight excluding hydrogens is 440 g/mol. The molecule has 0 N–H and O–H groups in total. The smallest absolute Gasteiger partial charge is 0.291 e. The Hall–Kier alpha value is -4.19. The van der Waals surface area contributed by atoms with E-state index in [4.69, 9.17) is 4.42 Å². The van der Waals surface area contributed by atoms with Gasteiger partial charge in [-0.3, -0.25) is 14.4 Å². The number of aryl methyl sites for hydroxylation is 1. The standard InChI is InChI=1S/C29H24N2O4/c1-3-16-30-22-10-6-5-9-21(22)29(28(30)34)24-25(32)20-8-4-7-11-23(20)35-26(24)27(33)31(29)17-19-14-12-18(2)13-15-19/h4-15H,3,16-17H2,1-2H3. The molecule has 3 aromatic carbocycles. The molecule has 0 saturated heterocycles. The molecule has 6 heteroatoms. The third-order valence-electron chi connectivity index (χ3n) is 7.05. The molecule has 0 aliphatic carbocycles. The number of benzene rings is 3. The molecule has 0 radical (unpaired) electrons. The van der Waals surface area contributed by atoms with Crippen molar-refractivity contribution >= 4 is 28.5 Å². The Morgan fingerprint density at radius 3 is 2.37 bits per heavy atom. The normalized spacial score (nSPS) is 18.6. The van der Waals surface area contributed by atoms with E-state index >= 15 is 0 Å². The highest BCUT2D eigenvalue weighted by molar-refractivity contribution is 6.17. The van der Waals surface area contributed by atoms with E-state index in [-0.39, 0.29) is 29.2 Å². The number of hydrogen-bond acceptors (Lipinski definition) is 4. The fraction of sp³-hybridized carbons (Fsp3) is 0.207. The molecule has 1 spiro atoms. The van der Waals surface area contributed by atoms with Gasteiger partial charge < -0.3 is 14.2 Å². The van der Waals surface area contributed by atoms with Gasteiger partial charge in [0.25, 0.3) is 11.8 Å². The summed E-state index contributed by atoms with van der Waals surface area (Å²) in [4.78, 5) is 45.6. The van der Waals surface area contributed by atoms with Gasteiger partial charge in [0.1, 0.15) is 5.58 Å². The molecule has 6 rings (SSSR count). The summed E-state index contributed by atoms with van der Waals surface area (Å²) in [5, 5.41) is 0.356. The highest BCUT2D eigenvalue weighted by atomic mass is 16.3. The van der Waals surface area contributed by atoms with Crippen LogP contribution in [-0.2, 0) is 16.9 Å². The Balaban J connectivity index is 1.69. The summed E-state index contributed by atoms with van der Waals surface area (Å²) in [5.74, 6) is -0.797. The van der Waals surface area contributed by atoms with Gasteiger partial charge in [0.15, 0.2) is 11.0 Å². The summed E-state index contributed by atoms with van der Waals surface area (Å²) >= 11 is 0. The van der Waals surface area contributed by atoms with Gasteiger partial charge in [-0.25, -0.2) is 0 Å². The molecule has 0 fully saturated rings. The van der Waals surface area contributed by atoms with Crippen LogP contribution in [0.25, 0.3) is 11.0 Å². The van der Waals surface area contributed by atoms with Gasteiger partial charge >= 0.3 is 0 Å². The number of anilines is 1. The second-order valence-electron chi connectivity index (χ2n) is 9.19. The van der Waals surface area contributed by atoms with Gasteiger partial charge in [0.05, 0.1) is 16.6 Å². The first-order valence-corrected chi connectivity index (χ1v) is 11.8. The maximum atomic E-state index is 14.4. The lowest BCUT2D eigenvalue weighted by Gasteiger charge is -2.34. The number of amides is 2. The first-order chi connectivity index (χ1) is 17.0. The number of para-hydroxylation sites is 2. The molecule has 2 amide bonds. The van der Waals surface area contributed by atoms with Gasteiger partial charge in [0.2, 0.25) is 5.76 Å². The van der Waals surface area contributed by atoms with Crippen LogP contribution in [0.1, 0.15) is 46.2 Å². The van der Waals surface area contributed by atoms with Gasteiger partial charge in [-0.2, -0.15) is 0 Å². The zero-order valence-electron chi connectivity index (χ0n) is 19.6. The Morgan fingerprint density at radius 2 is 1.60 bits per heavy atom. The van der Waals surface area contributed by atoms with E-state index < -0.39 is 11.4 Å². The minimum Gasteiger partial charge on any atom is -0.450 e. The van der Waals surface area contributed by atoms with E-state index in [1.54, 1.807) is 29.2 Å². The topological polar surface area (TPSA) is 70.8 Å². The van der Waals surface area contributed by atoms with Gasteiger partial charge in [-0.15, -0.1) is 0 Å². The van der Waals surface area contributed by atoms with Gasteiger partial charge in [-0.1, -0.05) is 67.1 Å². The van der Waals surface area contributed by atoms with Crippen molar-refractivity contribution in [2.75, 3.05) is 11.4 Å². The van der Waals surface area contributed by atoms with Crippen LogP contribution in [0.3, 0.4) is 0 Å². The summed E-state index contributed by atoms with van der Waals surface area (Å²) in [7, 11) is 0. The fourth-order valence-corrected chi connectivity index (χ4v) is 5.48. The van der Waals surface area contributed by atoms with Crippen molar-refractivity contribution in [2.45, 2.75) is 32.4 Å². The van der Waals surface area contributed by atoms with Crippen LogP contribution in [-0.4, -0.2) is 23.3 Å². The monoisotopic (exact) mass is 464 g/mol. The van der Waals surface area contributed by atoms with E-state index in [1.165, 1.54) is 4.90 Å². The Kier molecular flexibility index (Phi) is 4.68. The van der Waals surface area contributed by atoms with Crippen molar-refractivity contribution in [3.63, 3.8) is 0 Å². The molecule has 3 heterocycles. The highest BCUT2D eigenvalue weighted by Gasteiger charge is 2.64. The van der Waals surface area contributed by atoms with Crippen LogP contribution < -0.4 is 10.3 Å². The van der Waals surface area contributed by atoms with E-state index in [1.807, 2.05) is 62.4 Å². The van der Waals surface area contributed by atoms with Crippen molar-refractivity contribution < 1.29 is 14.0 Å². The van der Waals surface area contributed by atoms with Crippen molar-refractivity contribution in [2.24, 2.45) is 0 Å². The summed E-state index contributed by atoms with van der Waals surface area (Å²) < 4.78 is 6.07. The maximum Gasteiger partial charge on any atom is 0.291 e. The van der Waals surface area contributed by atoms with E-state index in [0.29, 0.717) is 23.1 Å². The van der Waals surface area contributed by atoms with Crippen molar-refractivity contribution in [3.8, 4) is 0 Å². The van der Waals surface area contributed by atoms with Crippen LogP contribution in [0.15, 0.2) is 82.0 Å². The fourth-order valence-electron chi connectivity index (χ4n) is 5.48. The Bertz CT molecular complexity index is 1570. The lowest BCUT2D eigenvalue weighted by atomic mass is 9.83. The maximum absolute atomic E-state index is 14.4. The molecule has 2 aliphatic heterocycles. The predicted molar refractivity (Wildman–Crippen MR) is 133 cm³/mol. The zero-order chi connectivity index (χ0) is 24.3. The first-order valence-electron chi connectivity index (χ1n) is 11.8. The van der Waals surface area contributed by atoms with Crippen molar-refractivity contribution in [1.29, 1.82) is 0 Å². The lowest BCUT2D eigenvalue weighted by Crippen LogP contribution is -2.53. The molecule has 0 bridgehead atoms. The molecule has 1 unspecified atom stereocenters. The molecule has 174 valence electrons. The average Bonchev–Trinajstić information content (AvgIpc) is 3.26. The average molecular weight is 465 g/mol. The summed E-state index contributed by atoms with van der Waals surface area (Å²) in [6.45, 7) is 4.65. The van der Waals surface area contributed by atoms with Crippen LogP contribution in [0.5, 0.6) is 0 Å². The first kappa shape index (κ1) is 21.4. The van der Waals surface area contributed by atoms with Gasteiger partial charge in [0, 0.05) is 18.7 Å². The third kappa shape index (κ3) is 2.80. The highest BCUT2D eigenvalue weighted by Crippen LogP contribution is 2.53. The quantitative estimate of drug-likeness (QED) is 0.437. The van der Waals surface area contributed by atoms with Gasteiger partial charge in [-0.05, 0) is 37.1 Å². The second kappa shape index (κ2) is 7.67. The van der Waals surface area contributed by atoms with Crippen LogP contribution in [0, 0.1) is 6.92 Å². The molecule has 35 heavy (non-hydrogen) atoms. The number of carbonyl (C=O) groups is 2. The number of nitrogens with zero attached hydrogens (tertiary/aromatic N) is 2. The molecule has 2 aliphatic rings. The lowest BCUT2D eigenvalue weighted by molar-refractivity contribution is -0.126. The second-order valence-corrected chi connectivity index (χ2v) is 9.19. The Morgan fingerprint density at radius 1 is 0.886 bits per heavy atom. The number of fused-ring (bicyclic) bond motifs is 5. The number of rotatable bonds is 4. The SMILES string of the molecule is CCCN1C(=O)C2(c3ccccc31)c1c(oc3ccccc3c1=O)C(=O)N2Cc1ccc(C)cc1. The largest absolute Gasteiger partial charge is 0.450 e. The van der Waals surface area contributed by atoms with Crippen molar-refractivity contribution in [1.82, 2.24) is 4.90 Å². The molecule has 1 atom stereocenters. The Labute approximate surface area is 202 Å². The summed E-state index contributed by atoms with van der Waals surface area (Å²) in [6.07, 6.45) is 0.737. The van der Waals surface area contributed by atoms with E-state index in [0.717, 1.165) is 23.2 Å². The third-order valence-corrected chi connectivity index (χ3v) is 7.05. The summed E-state index contributed by atoms with van der Waals surface area (Å²) in [5.41, 5.74) is 1.86. The number of hydrogen-bond donors (Lipinski definition) is 0. The minimum absolute atomic E-state index is 0.0534. The van der Waals surface area contributed by atoms with E-state index in [9.17, 15) is 14.4 Å². The molecule has 0 saturated carbocycles. The predicted octanol–water partition coefficient (Wildman–Crippen LogP) is 4.76. The van der Waals surface area contributed by atoms with E-state index in [2.05, 4.69) is 0 Å². The zero-order valence-corrected chi connectivity index (χ0v) is 19.6. The molecular formula is C29H24N2O4. The van der Waals surface area contributed by atoms with Crippen LogP contribution in [0.4, 0.5) is 5.69 Å². The minimum atomic E-state index is -1.58. The number of carbonyl (C=O) groups excluding carboxylic acids is 2. The van der Waals surface area contributed by atoms with Crippen molar-refractivity contribution in [3.05, 3.63) is 111 Å². The van der Waals surface area contributed by atoms with Crippen LogP contribution in [0.2, 0.25) is 0 Å². The van der Waals surface area contributed by atoms with Crippen LogP contribution >= 0.6 is 0 Å². The summed E-state index contributed by atoms with van der Waals surface area (Å²) in [6, 6.07) is 22.2. The molecule has 1 aromatic heterocycles.